The monoisotopic (exact) mass is 502 g/mol. The summed E-state index contributed by atoms with van der Waals surface area (Å²) < 4.78 is 36.9. The van der Waals surface area contributed by atoms with Crippen molar-refractivity contribution < 1.29 is 27.5 Å². The van der Waals surface area contributed by atoms with Gasteiger partial charge in [0.1, 0.15) is 5.75 Å². The number of para-hydroxylation sites is 1. The first kappa shape index (κ1) is 25.1. The highest BCUT2D eigenvalue weighted by Crippen LogP contribution is 2.25. The van der Waals surface area contributed by atoms with E-state index in [1.54, 1.807) is 24.3 Å². The molecule has 34 heavy (non-hydrogen) atoms. The van der Waals surface area contributed by atoms with E-state index in [1.165, 1.54) is 43.4 Å². The van der Waals surface area contributed by atoms with Gasteiger partial charge in [0.2, 0.25) is 0 Å². The van der Waals surface area contributed by atoms with Crippen LogP contribution in [0.3, 0.4) is 0 Å². The Balaban J connectivity index is 1.49. The lowest BCUT2D eigenvalue weighted by molar-refractivity contribution is -0.149. The number of halogens is 1. The van der Waals surface area contributed by atoms with Crippen LogP contribution in [0.5, 0.6) is 5.75 Å². The molecule has 10 heteroatoms. The molecular formula is C24H23ClN2O6S. The average Bonchev–Trinajstić information content (AvgIpc) is 2.83. The van der Waals surface area contributed by atoms with Crippen molar-refractivity contribution in [2.45, 2.75) is 11.8 Å². The highest BCUT2D eigenvalue weighted by Gasteiger charge is 2.21. The Kier molecular flexibility index (Phi) is 8.14. The minimum atomic E-state index is -3.77. The van der Waals surface area contributed by atoms with Crippen LogP contribution in [-0.2, 0) is 24.3 Å². The molecule has 1 N–H and O–H groups in total. The van der Waals surface area contributed by atoms with E-state index in [-0.39, 0.29) is 4.90 Å². The minimum Gasteiger partial charge on any atom is -0.482 e. The fourth-order valence-electron chi connectivity index (χ4n) is 2.89. The van der Waals surface area contributed by atoms with Gasteiger partial charge in [0, 0.05) is 17.8 Å². The zero-order valence-electron chi connectivity index (χ0n) is 18.5. The zero-order valence-corrected chi connectivity index (χ0v) is 20.1. The Hall–Kier alpha value is -3.56. The molecule has 0 atom stereocenters. The van der Waals surface area contributed by atoms with Crippen LogP contribution in [0, 0.1) is 6.92 Å². The lowest BCUT2D eigenvalue weighted by Crippen LogP contribution is -2.26. The topological polar surface area (TPSA) is 102 Å². The number of esters is 1. The van der Waals surface area contributed by atoms with Gasteiger partial charge in [0.05, 0.1) is 10.6 Å². The third-order valence-electron chi connectivity index (χ3n) is 4.81. The molecule has 3 aromatic rings. The Morgan fingerprint density at radius 1 is 0.941 bits per heavy atom. The Labute approximate surface area is 203 Å². The van der Waals surface area contributed by atoms with Gasteiger partial charge in [0.25, 0.3) is 15.9 Å². The van der Waals surface area contributed by atoms with E-state index in [9.17, 15) is 18.0 Å². The molecule has 1 amide bonds. The van der Waals surface area contributed by atoms with Crippen molar-refractivity contribution in [3.63, 3.8) is 0 Å². The maximum Gasteiger partial charge on any atom is 0.344 e. The smallest absolute Gasteiger partial charge is 0.344 e. The van der Waals surface area contributed by atoms with Crippen molar-refractivity contribution in [3.8, 4) is 5.75 Å². The number of aryl methyl sites for hydroxylation is 1. The standard InChI is InChI=1S/C24H23ClN2O6S/c1-17-5-3-4-6-22(17)26-23(28)15-33-24(29)16-32-20-11-9-19(10-12-20)27(2)34(30,31)21-13-7-18(25)8-14-21/h3-14H,15-16H2,1-2H3,(H,26,28). The third kappa shape index (κ3) is 6.49. The first-order chi connectivity index (χ1) is 16.2. The fraction of sp³-hybridized carbons (Fsp3) is 0.167. The maximum absolute atomic E-state index is 12.8. The van der Waals surface area contributed by atoms with Crippen molar-refractivity contribution in [3.05, 3.63) is 83.4 Å². The number of sulfonamides is 1. The van der Waals surface area contributed by atoms with E-state index < -0.39 is 35.1 Å². The van der Waals surface area contributed by atoms with Crippen LogP contribution < -0.4 is 14.4 Å². The number of hydrogen-bond donors (Lipinski definition) is 1. The number of ether oxygens (including phenoxy) is 2. The molecule has 0 unspecified atom stereocenters. The number of nitrogens with one attached hydrogen (secondary N) is 1. The predicted molar refractivity (Wildman–Crippen MR) is 130 cm³/mol. The summed E-state index contributed by atoms with van der Waals surface area (Å²) in [4.78, 5) is 24.0. The van der Waals surface area contributed by atoms with E-state index in [0.29, 0.717) is 22.1 Å². The van der Waals surface area contributed by atoms with Gasteiger partial charge in [-0.15, -0.1) is 0 Å². The Morgan fingerprint density at radius 3 is 2.24 bits per heavy atom. The van der Waals surface area contributed by atoms with Gasteiger partial charge in [-0.3, -0.25) is 9.10 Å². The van der Waals surface area contributed by atoms with Crippen molar-refractivity contribution in [2.75, 3.05) is 29.9 Å². The molecule has 0 aliphatic rings. The zero-order chi connectivity index (χ0) is 24.7. The summed E-state index contributed by atoms with van der Waals surface area (Å²) in [6, 6.07) is 19.3. The van der Waals surface area contributed by atoms with Gasteiger partial charge in [-0.1, -0.05) is 29.8 Å². The van der Waals surface area contributed by atoms with Crippen molar-refractivity contribution in [2.24, 2.45) is 0 Å². The molecular weight excluding hydrogens is 480 g/mol. The molecule has 0 bridgehead atoms. The third-order valence-corrected chi connectivity index (χ3v) is 6.86. The number of carbonyl (C=O) groups is 2. The van der Waals surface area contributed by atoms with Gasteiger partial charge in [0.15, 0.2) is 13.2 Å². The molecule has 178 valence electrons. The van der Waals surface area contributed by atoms with E-state index in [1.807, 2.05) is 19.1 Å². The summed E-state index contributed by atoms with van der Waals surface area (Å²) in [5.41, 5.74) is 1.93. The van der Waals surface area contributed by atoms with Crippen LogP contribution in [0.2, 0.25) is 5.02 Å². The van der Waals surface area contributed by atoms with Crippen LogP contribution >= 0.6 is 11.6 Å². The number of rotatable bonds is 9. The number of nitrogens with zero attached hydrogens (tertiary/aromatic N) is 1. The molecule has 0 saturated heterocycles. The SMILES string of the molecule is Cc1ccccc1NC(=O)COC(=O)COc1ccc(N(C)S(=O)(=O)c2ccc(Cl)cc2)cc1. The summed E-state index contributed by atoms with van der Waals surface area (Å²) in [5, 5.41) is 3.10. The Morgan fingerprint density at radius 2 is 1.59 bits per heavy atom. The van der Waals surface area contributed by atoms with E-state index in [4.69, 9.17) is 21.1 Å². The first-order valence-electron chi connectivity index (χ1n) is 10.2. The summed E-state index contributed by atoms with van der Waals surface area (Å²) in [5.74, 6) is -0.842. The van der Waals surface area contributed by atoms with Gasteiger partial charge < -0.3 is 14.8 Å². The second-order valence-electron chi connectivity index (χ2n) is 7.23. The van der Waals surface area contributed by atoms with E-state index in [0.717, 1.165) is 9.87 Å². The molecule has 0 spiro atoms. The molecule has 8 nitrogen and oxygen atoms in total. The second kappa shape index (κ2) is 11.0. The molecule has 3 aromatic carbocycles. The number of hydrogen-bond acceptors (Lipinski definition) is 6. The van der Waals surface area contributed by atoms with E-state index in [2.05, 4.69) is 5.32 Å². The largest absolute Gasteiger partial charge is 0.482 e. The predicted octanol–water partition coefficient (Wildman–Crippen LogP) is 4.03. The van der Waals surface area contributed by atoms with E-state index >= 15 is 0 Å². The second-order valence-corrected chi connectivity index (χ2v) is 9.64. The van der Waals surface area contributed by atoms with Crippen LogP contribution in [0.15, 0.2) is 77.7 Å². The molecule has 0 aliphatic heterocycles. The molecule has 0 saturated carbocycles. The molecule has 3 rings (SSSR count). The minimum absolute atomic E-state index is 0.105. The normalized spacial score (nSPS) is 10.9. The Bertz CT molecular complexity index is 1260. The maximum atomic E-state index is 12.8. The average molecular weight is 503 g/mol. The first-order valence-corrected chi connectivity index (χ1v) is 12.0. The molecule has 0 radical (unpaired) electrons. The van der Waals surface area contributed by atoms with Crippen LogP contribution in [-0.4, -0.2) is 40.6 Å². The number of benzene rings is 3. The number of anilines is 2. The van der Waals surface area contributed by atoms with Crippen molar-refractivity contribution in [1.29, 1.82) is 0 Å². The quantitative estimate of drug-likeness (QED) is 0.443. The summed E-state index contributed by atoms with van der Waals surface area (Å²) in [6.07, 6.45) is 0. The highest BCUT2D eigenvalue weighted by atomic mass is 35.5. The van der Waals surface area contributed by atoms with Crippen LogP contribution in [0.25, 0.3) is 0 Å². The van der Waals surface area contributed by atoms with Gasteiger partial charge >= 0.3 is 5.97 Å². The molecule has 0 aliphatic carbocycles. The summed E-state index contributed by atoms with van der Waals surface area (Å²) >= 11 is 5.83. The number of carbonyl (C=O) groups excluding carboxylic acids is 2. The lowest BCUT2D eigenvalue weighted by Gasteiger charge is -2.20. The van der Waals surface area contributed by atoms with Crippen molar-refractivity contribution in [1.82, 2.24) is 0 Å². The van der Waals surface area contributed by atoms with Gasteiger partial charge in [-0.25, -0.2) is 13.2 Å². The number of amides is 1. The molecule has 0 heterocycles. The lowest BCUT2D eigenvalue weighted by atomic mass is 10.2. The molecule has 0 aromatic heterocycles. The molecule has 0 fully saturated rings. The summed E-state index contributed by atoms with van der Waals surface area (Å²) in [7, 11) is -2.34. The fourth-order valence-corrected chi connectivity index (χ4v) is 4.21. The van der Waals surface area contributed by atoms with Crippen LogP contribution in [0.1, 0.15) is 5.56 Å². The van der Waals surface area contributed by atoms with Crippen molar-refractivity contribution >= 4 is 44.9 Å². The van der Waals surface area contributed by atoms with Gasteiger partial charge in [-0.2, -0.15) is 0 Å². The summed E-state index contributed by atoms with van der Waals surface area (Å²) in [6.45, 7) is 1.00. The van der Waals surface area contributed by atoms with Crippen LogP contribution in [0.4, 0.5) is 11.4 Å². The van der Waals surface area contributed by atoms with Gasteiger partial charge in [-0.05, 0) is 67.1 Å². The highest BCUT2D eigenvalue weighted by molar-refractivity contribution is 7.92.